The van der Waals surface area contributed by atoms with Crippen molar-refractivity contribution < 1.29 is 9.47 Å². The summed E-state index contributed by atoms with van der Waals surface area (Å²) in [6, 6.07) is 16.0. The van der Waals surface area contributed by atoms with E-state index >= 15 is 0 Å². The number of hydrogen-bond acceptors (Lipinski definition) is 4. The average Bonchev–Trinajstić information content (AvgIpc) is 3.15. The van der Waals surface area contributed by atoms with Gasteiger partial charge in [-0.2, -0.15) is 0 Å². The van der Waals surface area contributed by atoms with Crippen molar-refractivity contribution >= 4 is 28.7 Å². The minimum Gasteiger partial charge on any atom is -0.497 e. The van der Waals surface area contributed by atoms with Crippen LogP contribution >= 0.6 is 12.2 Å². The first kappa shape index (κ1) is 18.3. The molecule has 0 unspecified atom stereocenters. The summed E-state index contributed by atoms with van der Waals surface area (Å²) in [5.74, 6) is 2.27. The monoisotopic (exact) mass is 371 g/mol. The summed E-state index contributed by atoms with van der Waals surface area (Å²) in [5, 5.41) is 7.18. The van der Waals surface area contributed by atoms with Gasteiger partial charge in [0.25, 0.3) is 0 Å². The fraction of sp³-hybridized carbons (Fsp3) is 0.350. The van der Waals surface area contributed by atoms with E-state index in [0.717, 1.165) is 43.2 Å². The molecular weight excluding hydrogens is 346 g/mol. The molecule has 2 aromatic carbocycles. The number of benzene rings is 2. The SMILES string of the molecule is COc1ccc(N2CC[C@H](CNC(=S)Nc3cccc(OC)c3)C2)cc1. The third-order valence-corrected chi connectivity index (χ3v) is 4.85. The predicted molar refractivity (Wildman–Crippen MR) is 111 cm³/mol. The minimum atomic E-state index is 0.571. The fourth-order valence-electron chi connectivity index (χ4n) is 3.14. The first-order chi connectivity index (χ1) is 12.7. The van der Waals surface area contributed by atoms with Crippen molar-refractivity contribution in [3.63, 3.8) is 0 Å². The number of thiocarbonyl (C=S) groups is 1. The minimum absolute atomic E-state index is 0.571. The summed E-state index contributed by atoms with van der Waals surface area (Å²) < 4.78 is 10.5. The Kier molecular flexibility index (Phi) is 6.17. The molecule has 0 aromatic heterocycles. The maximum Gasteiger partial charge on any atom is 0.170 e. The highest BCUT2D eigenvalue weighted by molar-refractivity contribution is 7.80. The van der Waals surface area contributed by atoms with Gasteiger partial charge in [-0.3, -0.25) is 0 Å². The van der Waals surface area contributed by atoms with Crippen LogP contribution in [0.5, 0.6) is 11.5 Å². The highest BCUT2D eigenvalue weighted by atomic mass is 32.1. The molecule has 2 N–H and O–H groups in total. The first-order valence-electron chi connectivity index (χ1n) is 8.76. The second kappa shape index (κ2) is 8.76. The van der Waals surface area contributed by atoms with E-state index in [1.54, 1.807) is 14.2 Å². The molecule has 1 aliphatic rings. The van der Waals surface area contributed by atoms with Crippen molar-refractivity contribution in [2.45, 2.75) is 6.42 Å². The Balaban J connectivity index is 1.45. The van der Waals surface area contributed by atoms with Crippen molar-refractivity contribution in [2.24, 2.45) is 5.92 Å². The summed E-state index contributed by atoms with van der Waals surface area (Å²) in [6.45, 7) is 2.96. The molecule has 6 heteroatoms. The van der Waals surface area contributed by atoms with Gasteiger partial charge in [0, 0.05) is 37.1 Å². The molecular formula is C20H25N3O2S. The van der Waals surface area contributed by atoms with Gasteiger partial charge in [-0.15, -0.1) is 0 Å². The van der Waals surface area contributed by atoms with E-state index in [9.17, 15) is 0 Å². The zero-order chi connectivity index (χ0) is 18.4. The van der Waals surface area contributed by atoms with Crippen molar-refractivity contribution in [3.8, 4) is 11.5 Å². The molecule has 0 radical (unpaired) electrons. The Morgan fingerprint density at radius 1 is 1.12 bits per heavy atom. The smallest absolute Gasteiger partial charge is 0.170 e. The topological polar surface area (TPSA) is 45.8 Å². The Labute approximate surface area is 160 Å². The molecule has 1 saturated heterocycles. The fourth-order valence-corrected chi connectivity index (χ4v) is 3.34. The molecule has 2 aromatic rings. The van der Waals surface area contributed by atoms with E-state index < -0.39 is 0 Å². The number of anilines is 2. The number of nitrogens with one attached hydrogen (secondary N) is 2. The molecule has 0 saturated carbocycles. The molecule has 5 nitrogen and oxygen atoms in total. The van der Waals surface area contributed by atoms with Gasteiger partial charge in [-0.1, -0.05) is 6.07 Å². The molecule has 0 bridgehead atoms. The summed E-state index contributed by atoms with van der Waals surface area (Å²) in [5.41, 5.74) is 2.17. The highest BCUT2D eigenvalue weighted by Crippen LogP contribution is 2.25. The van der Waals surface area contributed by atoms with Gasteiger partial charge in [0.1, 0.15) is 11.5 Å². The molecule has 26 heavy (non-hydrogen) atoms. The van der Waals surface area contributed by atoms with E-state index in [4.69, 9.17) is 21.7 Å². The average molecular weight is 372 g/mol. The van der Waals surface area contributed by atoms with Crippen LogP contribution in [-0.4, -0.2) is 39.0 Å². The van der Waals surface area contributed by atoms with Crippen LogP contribution in [0.25, 0.3) is 0 Å². The standard InChI is InChI=1S/C20H25N3O2S/c1-24-18-8-6-17(7-9-18)23-11-10-15(14-23)13-21-20(26)22-16-4-3-5-19(12-16)25-2/h3-9,12,15H,10-11,13-14H2,1-2H3,(H2,21,22,26)/t15-/m1/s1. The lowest BCUT2D eigenvalue weighted by atomic mass is 10.1. The third kappa shape index (κ3) is 4.79. The largest absolute Gasteiger partial charge is 0.497 e. The molecule has 138 valence electrons. The Hall–Kier alpha value is -2.47. The van der Waals surface area contributed by atoms with E-state index in [1.807, 2.05) is 36.4 Å². The third-order valence-electron chi connectivity index (χ3n) is 4.60. The van der Waals surface area contributed by atoms with Crippen molar-refractivity contribution in [1.29, 1.82) is 0 Å². The lowest BCUT2D eigenvalue weighted by Crippen LogP contribution is -2.34. The van der Waals surface area contributed by atoms with Crippen LogP contribution in [0.3, 0.4) is 0 Å². The normalized spacial score (nSPS) is 16.2. The second-order valence-electron chi connectivity index (χ2n) is 6.37. The molecule has 0 amide bonds. The van der Waals surface area contributed by atoms with Crippen LogP contribution in [0.2, 0.25) is 0 Å². The van der Waals surface area contributed by atoms with Crippen molar-refractivity contribution in [2.75, 3.05) is 44.1 Å². The molecule has 0 spiro atoms. The maximum atomic E-state index is 5.41. The van der Waals surface area contributed by atoms with Crippen LogP contribution in [-0.2, 0) is 0 Å². The Morgan fingerprint density at radius 3 is 2.62 bits per heavy atom. The number of ether oxygens (including phenoxy) is 2. The van der Waals surface area contributed by atoms with E-state index in [1.165, 1.54) is 5.69 Å². The second-order valence-corrected chi connectivity index (χ2v) is 6.77. The highest BCUT2D eigenvalue weighted by Gasteiger charge is 2.22. The molecule has 0 aliphatic carbocycles. The molecule has 1 atom stereocenters. The van der Waals surface area contributed by atoms with Crippen molar-refractivity contribution in [1.82, 2.24) is 5.32 Å². The van der Waals surface area contributed by atoms with Gasteiger partial charge in [-0.25, -0.2) is 0 Å². The van der Waals surface area contributed by atoms with Gasteiger partial charge in [-0.05, 0) is 61.0 Å². The molecule has 1 fully saturated rings. The van der Waals surface area contributed by atoms with Crippen LogP contribution in [0.1, 0.15) is 6.42 Å². The van der Waals surface area contributed by atoms with Crippen molar-refractivity contribution in [3.05, 3.63) is 48.5 Å². The van der Waals surface area contributed by atoms with Crippen LogP contribution < -0.4 is 25.0 Å². The number of hydrogen-bond donors (Lipinski definition) is 2. The van der Waals surface area contributed by atoms with Gasteiger partial charge >= 0.3 is 0 Å². The van der Waals surface area contributed by atoms with Gasteiger partial charge < -0.3 is 25.0 Å². The van der Waals surface area contributed by atoms with E-state index in [2.05, 4.69) is 27.7 Å². The van der Waals surface area contributed by atoms with Crippen LogP contribution in [0.15, 0.2) is 48.5 Å². The number of nitrogens with zero attached hydrogens (tertiary/aromatic N) is 1. The van der Waals surface area contributed by atoms with Crippen LogP contribution in [0, 0.1) is 5.92 Å². The van der Waals surface area contributed by atoms with E-state index in [-0.39, 0.29) is 0 Å². The number of methoxy groups -OCH3 is 2. The van der Waals surface area contributed by atoms with Gasteiger partial charge in [0.15, 0.2) is 5.11 Å². The zero-order valence-electron chi connectivity index (χ0n) is 15.2. The number of rotatable bonds is 6. The van der Waals surface area contributed by atoms with Gasteiger partial charge in [0.2, 0.25) is 0 Å². The predicted octanol–water partition coefficient (Wildman–Crippen LogP) is 3.52. The van der Waals surface area contributed by atoms with Crippen LogP contribution in [0.4, 0.5) is 11.4 Å². The Bertz CT molecular complexity index is 736. The lowest BCUT2D eigenvalue weighted by Gasteiger charge is -2.19. The molecule has 1 heterocycles. The lowest BCUT2D eigenvalue weighted by molar-refractivity contribution is 0.415. The first-order valence-corrected chi connectivity index (χ1v) is 9.16. The quantitative estimate of drug-likeness (QED) is 0.758. The van der Waals surface area contributed by atoms with E-state index in [0.29, 0.717) is 11.0 Å². The summed E-state index contributed by atoms with van der Waals surface area (Å²) >= 11 is 5.41. The summed E-state index contributed by atoms with van der Waals surface area (Å²) in [7, 11) is 3.35. The maximum absolute atomic E-state index is 5.41. The summed E-state index contributed by atoms with van der Waals surface area (Å²) in [6.07, 6.45) is 1.15. The Morgan fingerprint density at radius 2 is 1.88 bits per heavy atom. The van der Waals surface area contributed by atoms with Gasteiger partial charge in [0.05, 0.1) is 14.2 Å². The molecule has 1 aliphatic heterocycles. The molecule has 3 rings (SSSR count). The summed E-state index contributed by atoms with van der Waals surface area (Å²) in [4.78, 5) is 2.41. The zero-order valence-corrected chi connectivity index (χ0v) is 16.0.